The molecule has 0 bridgehead atoms. The standard InChI is InChI=1S/C17H15N3O3S/c1-23-14(21)11-24-16-17(22)20(10-12-6-3-2-4-7-12)15-13(19-16)8-5-9-18-15/h2-9H,10-11H2,1H3. The minimum absolute atomic E-state index is 0.0375. The lowest BCUT2D eigenvalue weighted by Crippen LogP contribution is -2.25. The maximum absolute atomic E-state index is 12.8. The average molecular weight is 341 g/mol. The average Bonchev–Trinajstić information content (AvgIpc) is 2.63. The number of aromatic nitrogens is 3. The van der Waals surface area contributed by atoms with Crippen LogP contribution in [0.5, 0.6) is 0 Å². The van der Waals surface area contributed by atoms with Gasteiger partial charge in [0.2, 0.25) is 0 Å². The Hall–Kier alpha value is -2.67. The number of carbonyl (C=O) groups is 1. The fraction of sp³-hybridized carbons (Fsp3) is 0.176. The molecule has 3 rings (SSSR count). The third-order valence-electron chi connectivity index (χ3n) is 3.41. The Morgan fingerprint density at radius 1 is 1.21 bits per heavy atom. The van der Waals surface area contributed by atoms with E-state index in [1.165, 1.54) is 7.11 Å². The van der Waals surface area contributed by atoms with Crippen LogP contribution >= 0.6 is 11.8 Å². The summed E-state index contributed by atoms with van der Waals surface area (Å²) in [5, 5.41) is 0.261. The first kappa shape index (κ1) is 16.2. The second kappa shape index (κ2) is 7.27. The third-order valence-corrected chi connectivity index (χ3v) is 4.33. The summed E-state index contributed by atoms with van der Waals surface area (Å²) >= 11 is 1.07. The molecular weight excluding hydrogens is 326 g/mol. The molecule has 0 aliphatic rings. The second-order valence-electron chi connectivity index (χ2n) is 5.00. The van der Waals surface area contributed by atoms with Gasteiger partial charge in [-0.15, -0.1) is 0 Å². The van der Waals surface area contributed by atoms with Gasteiger partial charge in [0.15, 0.2) is 10.7 Å². The van der Waals surface area contributed by atoms with Gasteiger partial charge in [-0.05, 0) is 17.7 Å². The fourth-order valence-electron chi connectivity index (χ4n) is 2.25. The van der Waals surface area contributed by atoms with E-state index in [1.54, 1.807) is 22.9 Å². The Morgan fingerprint density at radius 3 is 2.75 bits per heavy atom. The molecule has 7 heteroatoms. The van der Waals surface area contributed by atoms with Crippen LogP contribution in [0, 0.1) is 0 Å². The molecule has 0 fully saturated rings. The van der Waals surface area contributed by atoms with Crippen LogP contribution in [-0.4, -0.2) is 33.4 Å². The van der Waals surface area contributed by atoms with E-state index in [4.69, 9.17) is 0 Å². The molecule has 3 aromatic rings. The molecule has 0 unspecified atom stereocenters. The summed E-state index contributed by atoms with van der Waals surface area (Å²) in [6.07, 6.45) is 1.63. The first-order valence-corrected chi connectivity index (χ1v) is 8.26. The highest BCUT2D eigenvalue weighted by Gasteiger charge is 2.14. The van der Waals surface area contributed by atoms with E-state index in [-0.39, 0.29) is 16.3 Å². The maximum atomic E-state index is 12.8. The van der Waals surface area contributed by atoms with Crippen molar-refractivity contribution in [2.24, 2.45) is 0 Å². The van der Waals surface area contributed by atoms with Crippen LogP contribution in [0.15, 0.2) is 58.5 Å². The molecule has 0 radical (unpaired) electrons. The van der Waals surface area contributed by atoms with Gasteiger partial charge in [-0.3, -0.25) is 14.2 Å². The highest BCUT2D eigenvalue weighted by molar-refractivity contribution is 7.99. The van der Waals surface area contributed by atoms with Crippen LogP contribution in [0.1, 0.15) is 5.56 Å². The molecule has 6 nitrogen and oxygen atoms in total. The molecule has 0 saturated carbocycles. The van der Waals surface area contributed by atoms with Crippen molar-refractivity contribution in [1.82, 2.24) is 14.5 Å². The molecule has 0 aliphatic heterocycles. The Labute approximate surface area is 142 Å². The Bertz CT molecular complexity index is 925. The van der Waals surface area contributed by atoms with Crippen LogP contribution in [0.25, 0.3) is 11.2 Å². The predicted octanol–water partition coefficient (Wildman–Crippen LogP) is 2.10. The van der Waals surface area contributed by atoms with Crippen molar-refractivity contribution in [3.8, 4) is 0 Å². The van der Waals surface area contributed by atoms with Crippen molar-refractivity contribution in [1.29, 1.82) is 0 Å². The number of rotatable bonds is 5. The molecular formula is C17H15N3O3S. The summed E-state index contributed by atoms with van der Waals surface area (Å²) in [6.45, 7) is 0.390. The van der Waals surface area contributed by atoms with Crippen molar-refractivity contribution >= 4 is 28.9 Å². The number of nitrogens with zero attached hydrogens (tertiary/aromatic N) is 3. The Balaban J connectivity index is 2.06. The van der Waals surface area contributed by atoms with E-state index in [0.29, 0.717) is 17.7 Å². The molecule has 24 heavy (non-hydrogen) atoms. The third kappa shape index (κ3) is 3.46. The molecule has 0 saturated heterocycles. The summed E-state index contributed by atoms with van der Waals surface area (Å²) in [4.78, 5) is 32.8. The summed E-state index contributed by atoms with van der Waals surface area (Å²) in [5.74, 6) is -0.363. The molecule has 122 valence electrons. The number of fused-ring (bicyclic) bond motifs is 1. The molecule has 0 spiro atoms. The normalized spacial score (nSPS) is 10.7. The Kier molecular flexibility index (Phi) is 4.90. The van der Waals surface area contributed by atoms with Gasteiger partial charge in [-0.1, -0.05) is 42.1 Å². The van der Waals surface area contributed by atoms with Gasteiger partial charge in [0.25, 0.3) is 5.56 Å². The fourth-order valence-corrected chi connectivity index (χ4v) is 3.01. The number of pyridine rings is 1. The molecule has 1 aromatic carbocycles. The quantitative estimate of drug-likeness (QED) is 0.523. The lowest BCUT2D eigenvalue weighted by atomic mass is 10.2. The number of hydrogen-bond donors (Lipinski definition) is 0. The number of esters is 1. The number of methoxy groups -OCH3 is 1. The zero-order valence-electron chi connectivity index (χ0n) is 13.0. The zero-order chi connectivity index (χ0) is 16.9. The van der Waals surface area contributed by atoms with E-state index in [9.17, 15) is 9.59 Å². The van der Waals surface area contributed by atoms with Gasteiger partial charge in [0.05, 0.1) is 19.4 Å². The minimum atomic E-state index is -0.401. The summed E-state index contributed by atoms with van der Waals surface area (Å²) in [5.41, 5.74) is 1.86. The van der Waals surface area contributed by atoms with E-state index < -0.39 is 5.97 Å². The van der Waals surface area contributed by atoms with Crippen LogP contribution in [0.2, 0.25) is 0 Å². The monoisotopic (exact) mass is 341 g/mol. The van der Waals surface area contributed by atoms with Crippen molar-refractivity contribution < 1.29 is 9.53 Å². The maximum Gasteiger partial charge on any atom is 0.316 e. The Morgan fingerprint density at radius 2 is 2.00 bits per heavy atom. The zero-order valence-corrected chi connectivity index (χ0v) is 13.8. The molecule has 2 heterocycles. The predicted molar refractivity (Wildman–Crippen MR) is 92.1 cm³/mol. The van der Waals surface area contributed by atoms with Gasteiger partial charge in [0.1, 0.15) is 5.52 Å². The van der Waals surface area contributed by atoms with Gasteiger partial charge in [-0.2, -0.15) is 0 Å². The van der Waals surface area contributed by atoms with Gasteiger partial charge in [-0.25, -0.2) is 9.97 Å². The van der Waals surface area contributed by atoms with Gasteiger partial charge in [0, 0.05) is 6.20 Å². The van der Waals surface area contributed by atoms with Gasteiger partial charge >= 0.3 is 5.97 Å². The molecule has 0 N–H and O–H groups in total. The first-order chi connectivity index (χ1) is 11.7. The van der Waals surface area contributed by atoms with Crippen LogP contribution in [0.3, 0.4) is 0 Å². The molecule has 0 amide bonds. The highest BCUT2D eigenvalue weighted by Crippen LogP contribution is 2.16. The smallest absolute Gasteiger partial charge is 0.316 e. The molecule has 0 aliphatic carbocycles. The molecule has 0 atom stereocenters. The van der Waals surface area contributed by atoms with Crippen molar-refractivity contribution in [2.75, 3.05) is 12.9 Å². The van der Waals surface area contributed by atoms with Crippen LogP contribution < -0.4 is 5.56 Å². The van der Waals surface area contributed by atoms with E-state index in [0.717, 1.165) is 17.3 Å². The topological polar surface area (TPSA) is 74.1 Å². The van der Waals surface area contributed by atoms with Gasteiger partial charge < -0.3 is 4.74 Å². The first-order valence-electron chi connectivity index (χ1n) is 7.28. The summed E-state index contributed by atoms with van der Waals surface area (Å²) in [7, 11) is 1.31. The number of thioether (sulfide) groups is 1. The van der Waals surface area contributed by atoms with E-state index >= 15 is 0 Å². The highest BCUT2D eigenvalue weighted by atomic mass is 32.2. The largest absolute Gasteiger partial charge is 0.468 e. The lowest BCUT2D eigenvalue weighted by molar-refractivity contribution is -0.137. The SMILES string of the molecule is COC(=O)CSc1nc2cccnc2n(Cc2ccccc2)c1=O. The number of ether oxygens (including phenoxy) is 1. The minimum Gasteiger partial charge on any atom is -0.468 e. The van der Waals surface area contributed by atoms with Crippen molar-refractivity contribution in [2.45, 2.75) is 11.6 Å². The second-order valence-corrected chi connectivity index (χ2v) is 5.97. The van der Waals surface area contributed by atoms with Crippen LogP contribution in [-0.2, 0) is 16.1 Å². The number of hydrogen-bond acceptors (Lipinski definition) is 6. The van der Waals surface area contributed by atoms with E-state index in [2.05, 4.69) is 14.7 Å². The molecule has 2 aromatic heterocycles. The van der Waals surface area contributed by atoms with Crippen molar-refractivity contribution in [3.63, 3.8) is 0 Å². The summed E-state index contributed by atoms with van der Waals surface area (Å²) in [6, 6.07) is 13.2. The lowest BCUT2D eigenvalue weighted by Gasteiger charge is -2.11. The van der Waals surface area contributed by atoms with Crippen molar-refractivity contribution in [3.05, 3.63) is 64.6 Å². The number of carbonyl (C=O) groups excluding carboxylic acids is 1. The summed E-state index contributed by atoms with van der Waals surface area (Å²) < 4.78 is 6.20. The van der Waals surface area contributed by atoms with Crippen LogP contribution in [0.4, 0.5) is 0 Å². The van der Waals surface area contributed by atoms with E-state index in [1.807, 2.05) is 30.3 Å². The number of benzene rings is 1.